The Morgan fingerprint density at radius 2 is 1.93 bits per heavy atom. The van der Waals surface area contributed by atoms with E-state index in [9.17, 15) is 13.6 Å². The summed E-state index contributed by atoms with van der Waals surface area (Å²) >= 11 is 1.27. The Kier molecular flexibility index (Phi) is 5.36. The van der Waals surface area contributed by atoms with Crippen molar-refractivity contribution in [2.45, 2.75) is 13.3 Å². The lowest BCUT2D eigenvalue weighted by Gasteiger charge is -2.34. The minimum Gasteiger partial charge on any atom is -0.496 e. The molecular formula is C21H21F2N3O2S. The number of aryl methyl sites for hydroxylation is 1. The molecule has 8 heteroatoms. The van der Waals surface area contributed by atoms with Crippen molar-refractivity contribution in [2.75, 3.05) is 38.2 Å². The Bertz CT molecular complexity index is 1060. The first kappa shape index (κ1) is 19.6. The molecule has 0 aliphatic carbocycles. The summed E-state index contributed by atoms with van der Waals surface area (Å²) in [5.41, 5.74) is 2.15. The minimum absolute atomic E-state index is 0.0756. The number of amides is 1. The molecule has 0 radical (unpaired) electrons. The number of piperazine rings is 1. The molecule has 0 N–H and O–H groups in total. The van der Waals surface area contributed by atoms with Gasteiger partial charge in [-0.3, -0.25) is 4.79 Å². The Morgan fingerprint density at radius 3 is 2.62 bits per heavy atom. The summed E-state index contributed by atoms with van der Waals surface area (Å²) in [6.45, 7) is 4.31. The van der Waals surface area contributed by atoms with Gasteiger partial charge in [0.25, 0.3) is 0 Å². The van der Waals surface area contributed by atoms with Crippen molar-refractivity contribution < 1.29 is 18.3 Å². The van der Waals surface area contributed by atoms with Crippen LogP contribution in [0.25, 0.3) is 10.2 Å². The molecule has 2 heterocycles. The van der Waals surface area contributed by atoms with Crippen LogP contribution in [0.4, 0.5) is 13.9 Å². The average molecular weight is 417 g/mol. The predicted octanol–water partition coefficient (Wildman–Crippen LogP) is 3.78. The van der Waals surface area contributed by atoms with E-state index in [4.69, 9.17) is 4.74 Å². The Balaban J connectivity index is 1.39. The van der Waals surface area contributed by atoms with Crippen molar-refractivity contribution in [3.8, 4) is 5.75 Å². The SMILES string of the molecule is COc1ccc(CC(=O)N2CCN(c3nc4c(F)cc(F)cc4s3)CC2)cc1C. The number of rotatable bonds is 4. The molecule has 1 aliphatic heterocycles. The first-order valence-electron chi connectivity index (χ1n) is 9.36. The molecule has 152 valence electrons. The van der Waals surface area contributed by atoms with Crippen LogP contribution in [0.15, 0.2) is 30.3 Å². The second kappa shape index (κ2) is 7.94. The molecule has 2 aromatic carbocycles. The molecule has 1 fully saturated rings. The van der Waals surface area contributed by atoms with Gasteiger partial charge in [0.15, 0.2) is 10.9 Å². The maximum absolute atomic E-state index is 13.9. The van der Waals surface area contributed by atoms with Gasteiger partial charge in [-0.15, -0.1) is 0 Å². The third kappa shape index (κ3) is 4.03. The molecular weight excluding hydrogens is 396 g/mol. The fourth-order valence-corrected chi connectivity index (χ4v) is 4.62. The summed E-state index contributed by atoms with van der Waals surface area (Å²) in [5.74, 6) is -0.367. The van der Waals surface area contributed by atoms with Crippen LogP contribution in [0.2, 0.25) is 0 Å². The molecule has 1 aromatic heterocycles. The smallest absolute Gasteiger partial charge is 0.227 e. The Hall–Kier alpha value is -2.74. The quantitative estimate of drug-likeness (QED) is 0.648. The van der Waals surface area contributed by atoms with Crippen LogP contribution in [-0.4, -0.2) is 49.1 Å². The van der Waals surface area contributed by atoms with Crippen molar-refractivity contribution in [1.82, 2.24) is 9.88 Å². The second-order valence-corrected chi connectivity index (χ2v) is 8.09. The van der Waals surface area contributed by atoms with E-state index in [1.807, 2.05) is 34.9 Å². The van der Waals surface area contributed by atoms with Crippen molar-refractivity contribution in [3.05, 3.63) is 53.1 Å². The van der Waals surface area contributed by atoms with Gasteiger partial charge in [0.05, 0.1) is 18.2 Å². The van der Waals surface area contributed by atoms with Gasteiger partial charge in [-0.05, 0) is 30.2 Å². The van der Waals surface area contributed by atoms with Gasteiger partial charge in [-0.25, -0.2) is 13.8 Å². The lowest BCUT2D eigenvalue weighted by molar-refractivity contribution is -0.130. The fraction of sp³-hybridized carbons (Fsp3) is 0.333. The van der Waals surface area contributed by atoms with E-state index >= 15 is 0 Å². The summed E-state index contributed by atoms with van der Waals surface area (Å²) in [7, 11) is 1.63. The number of benzene rings is 2. The highest BCUT2D eigenvalue weighted by atomic mass is 32.1. The molecule has 4 rings (SSSR count). The van der Waals surface area contributed by atoms with Crippen LogP contribution < -0.4 is 9.64 Å². The van der Waals surface area contributed by atoms with Crippen LogP contribution in [0.1, 0.15) is 11.1 Å². The molecule has 0 bridgehead atoms. The van der Waals surface area contributed by atoms with Crippen molar-refractivity contribution in [3.63, 3.8) is 0 Å². The molecule has 1 saturated heterocycles. The second-order valence-electron chi connectivity index (χ2n) is 7.08. The van der Waals surface area contributed by atoms with Gasteiger partial charge in [-0.2, -0.15) is 0 Å². The van der Waals surface area contributed by atoms with Crippen LogP contribution >= 0.6 is 11.3 Å². The number of anilines is 1. The monoisotopic (exact) mass is 417 g/mol. The highest BCUT2D eigenvalue weighted by Gasteiger charge is 2.24. The molecule has 0 atom stereocenters. The number of halogens is 2. The van der Waals surface area contributed by atoms with Gasteiger partial charge in [0.2, 0.25) is 5.91 Å². The molecule has 29 heavy (non-hydrogen) atoms. The molecule has 1 amide bonds. The number of fused-ring (bicyclic) bond motifs is 1. The third-order valence-corrected chi connectivity index (χ3v) is 6.18. The van der Waals surface area contributed by atoms with E-state index < -0.39 is 11.6 Å². The fourth-order valence-electron chi connectivity index (χ4n) is 3.56. The number of thiazole rings is 1. The number of carbonyl (C=O) groups excluding carboxylic acids is 1. The number of ether oxygens (including phenoxy) is 1. The number of hydrogen-bond acceptors (Lipinski definition) is 5. The average Bonchev–Trinajstić information content (AvgIpc) is 3.12. The molecule has 0 spiro atoms. The zero-order valence-corrected chi connectivity index (χ0v) is 17.1. The first-order valence-corrected chi connectivity index (χ1v) is 10.2. The van der Waals surface area contributed by atoms with Gasteiger partial charge >= 0.3 is 0 Å². The van der Waals surface area contributed by atoms with Gasteiger partial charge < -0.3 is 14.5 Å². The number of nitrogens with zero attached hydrogens (tertiary/aromatic N) is 3. The first-order chi connectivity index (χ1) is 13.9. The molecule has 3 aromatic rings. The van der Waals surface area contributed by atoms with Crippen molar-refractivity contribution >= 4 is 32.6 Å². The maximum Gasteiger partial charge on any atom is 0.227 e. The Labute approximate surface area is 171 Å². The molecule has 5 nitrogen and oxygen atoms in total. The zero-order valence-electron chi connectivity index (χ0n) is 16.2. The molecule has 0 saturated carbocycles. The number of aromatic nitrogens is 1. The number of methoxy groups -OCH3 is 1. The highest BCUT2D eigenvalue weighted by molar-refractivity contribution is 7.22. The summed E-state index contributed by atoms with van der Waals surface area (Å²) in [6, 6.07) is 7.92. The largest absolute Gasteiger partial charge is 0.496 e. The van der Waals surface area contributed by atoms with Crippen LogP contribution in [0.5, 0.6) is 5.75 Å². The zero-order chi connectivity index (χ0) is 20.5. The van der Waals surface area contributed by atoms with E-state index in [1.54, 1.807) is 7.11 Å². The van der Waals surface area contributed by atoms with E-state index in [1.165, 1.54) is 17.4 Å². The maximum atomic E-state index is 13.9. The van der Waals surface area contributed by atoms with Gasteiger partial charge in [0.1, 0.15) is 17.1 Å². The van der Waals surface area contributed by atoms with Crippen molar-refractivity contribution in [2.24, 2.45) is 0 Å². The lowest BCUT2D eigenvalue weighted by Crippen LogP contribution is -2.49. The van der Waals surface area contributed by atoms with Crippen LogP contribution in [0, 0.1) is 18.6 Å². The number of carbonyl (C=O) groups is 1. The highest BCUT2D eigenvalue weighted by Crippen LogP contribution is 2.31. The van der Waals surface area contributed by atoms with E-state index in [-0.39, 0.29) is 11.4 Å². The van der Waals surface area contributed by atoms with E-state index in [0.29, 0.717) is 42.4 Å². The molecule has 0 unspecified atom stereocenters. The van der Waals surface area contributed by atoms with Crippen LogP contribution in [0.3, 0.4) is 0 Å². The van der Waals surface area contributed by atoms with E-state index in [2.05, 4.69) is 4.98 Å². The minimum atomic E-state index is -0.647. The van der Waals surface area contributed by atoms with Crippen LogP contribution in [-0.2, 0) is 11.2 Å². The van der Waals surface area contributed by atoms with E-state index in [0.717, 1.165) is 22.9 Å². The van der Waals surface area contributed by atoms with Crippen molar-refractivity contribution in [1.29, 1.82) is 0 Å². The van der Waals surface area contributed by atoms with Gasteiger partial charge in [0, 0.05) is 32.2 Å². The summed E-state index contributed by atoms with van der Waals surface area (Å²) in [4.78, 5) is 20.9. The lowest BCUT2D eigenvalue weighted by atomic mass is 10.1. The molecule has 1 aliphatic rings. The predicted molar refractivity (Wildman–Crippen MR) is 110 cm³/mol. The number of hydrogen-bond donors (Lipinski definition) is 0. The third-order valence-electron chi connectivity index (χ3n) is 5.12. The normalized spacial score (nSPS) is 14.5. The summed E-state index contributed by atoms with van der Waals surface area (Å²) in [6.07, 6.45) is 0.344. The summed E-state index contributed by atoms with van der Waals surface area (Å²) in [5, 5.41) is 0.655. The van der Waals surface area contributed by atoms with Gasteiger partial charge in [-0.1, -0.05) is 23.5 Å². The Morgan fingerprint density at radius 1 is 1.17 bits per heavy atom. The standard InChI is InChI=1S/C21H21F2N3O2S/c1-13-9-14(3-4-17(13)28-2)10-19(27)25-5-7-26(8-6-25)21-24-20-16(23)11-15(22)12-18(20)29-21/h3-4,9,11-12H,5-8,10H2,1-2H3. The summed E-state index contributed by atoms with van der Waals surface area (Å²) < 4.78 is 33.1. The topological polar surface area (TPSA) is 45.7 Å².